The van der Waals surface area contributed by atoms with Crippen LogP contribution in [0.25, 0.3) is 22.0 Å². The SMILES string of the molecule is CC(=O)c1nn(CC(=O)N2[C@H](C(=O)Nc3nc(Cl)ccc3CN(C)C)C[C@@]3(C)CC[C@@H]23)c2ccc(-c3cnc(C)nc3)cc12. The Morgan fingerprint density at radius 2 is 1.86 bits per heavy atom. The molecule has 11 nitrogen and oxygen atoms in total. The largest absolute Gasteiger partial charge is 0.325 e. The summed E-state index contributed by atoms with van der Waals surface area (Å²) < 4.78 is 1.57. The van der Waals surface area contributed by atoms with Crippen LogP contribution in [0.3, 0.4) is 0 Å². The Morgan fingerprint density at radius 1 is 1.11 bits per heavy atom. The number of hydrogen-bond donors (Lipinski definition) is 1. The molecule has 0 bridgehead atoms. The van der Waals surface area contributed by atoms with E-state index < -0.39 is 6.04 Å². The summed E-state index contributed by atoms with van der Waals surface area (Å²) in [7, 11) is 3.87. The Balaban J connectivity index is 1.29. The number of carbonyl (C=O) groups is 3. The number of carbonyl (C=O) groups excluding carboxylic acids is 3. The molecule has 1 aliphatic carbocycles. The number of aryl methyl sites for hydroxylation is 1. The first-order valence-electron chi connectivity index (χ1n) is 14.7. The highest BCUT2D eigenvalue weighted by Crippen LogP contribution is 2.54. The molecule has 12 heteroatoms. The van der Waals surface area contributed by atoms with E-state index in [9.17, 15) is 14.4 Å². The number of amides is 2. The van der Waals surface area contributed by atoms with Gasteiger partial charge in [-0.15, -0.1) is 0 Å². The summed E-state index contributed by atoms with van der Waals surface area (Å²) in [5, 5.41) is 8.47. The number of pyridine rings is 1. The van der Waals surface area contributed by atoms with E-state index in [1.807, 2.05) is 50.2 Å². The molecule has 4 heterocycles. The van der Waals surface area contributed by atoms with Crippen LogP contribution in [0.2, 0.25) is 5.15 Å². The fourth-order valence-corrected chi connectivity index (χ4v) is 6.68. The van der Waals surface area contributed by atoms with Gasteiger partial charge in [0.2, 0.25) is 11.8 Å². The lowest BCUT2D eigenvalue weighted by Gasteiger charge is -2.44. The smallest absolute Gasteiger partial charge is 0.248 e. The topological polar surface area (TPSA) is 126 Å². The molecule has 1 saturated carbocycles. The van der Waals surface area contributed by atoms with Gasteiger partial charge >= 0.3 is 0 Å². The normalized spacial score (nSPS) is 20.9. The number of benzene rings is 1. The zero-order chi connectivity index (χ0) is 31.3. The second kappa shape index (κ2) is 11.4. The fraction of sp³-hybridized carbons (Fsp3) is 0.406. The van der Waals surface area contributed by atoms with Crippen molar-refractivity contribution in [3.8, 4) is 11.1 Å². The number of aromatic nitrogens is 5. The number of hydrogen-bond acceptors (Lipinski definition) is 8. The predicted octanol–water partition coefficient (Wildman–Crippen LogP) is 4.52. The van der Waals surface area contributed by atoms with Crippen molar-refractivity contribution in [3.05, 3.63) is 65.0 Å². The highest BCUT2D eigenvalue weighted by atomic mass is 35.5. The number of anilines is 1. The molecule has 4 aromatic rings. The molecule has 1 aromatic carbocycles. The van der Waals surface area contributed by atoms with Crippen LogP contribution in [0.5, 0.6) is 0 Å². The van der Waals surface area contributed by atoms with Gasteiger partial charge in [0.1, 0.15) is 35.1 Å². The van der Waals surface area contributed by atoms with Crippen LogP contribution in [-0.4, -0.2) is 78.3 Å². The highest BCUT2D eigenvalue weighted by Gasteiger charge is 2.58. The quantitative estimate of drug-likeness (QED) is 0.227. The molecule has 1 aliphatic heterocycles. The van der Waals surface area contributed by atoms with E-state index in [0.717, 1.165) is 29.5 Å². The minimum atomic E-state index is -0.671. The van der Waals surface area contributed by atoms with E-state index in [1.54, 1.807) is 28.0 Å². The van der Waals surface area contributed by atoms with Crippen LogP contribution >= 0.6 is 11.6 Å². The average molecular weight is 615 g/mol. The summed E-state index contributed by atoms with van der Waals surface area (Å²) in [6, 6.07) is 8.46. The van der Waals surface area contributed by atoms with Gasteiger partial charge in [0.05, 0.1) is 5.52 Å². The molecule has 1 saturated heterocycles. The third-order valence-corrected chi connectivity index (χ3v) is 9.08. The highest BCUT2D eigenvalue weighted by molar-refractivity contribution is 6.29. The van der Waals surface area contributed by atoms with Gasteiger partial charge in [-0.1, -0.05) is 30.7 Å². The molecule has 0 unspecified atom stereocenters. The van der Waals surface area contributed by atoms with E-state index in [1.165, 1.54) is 6.92 Å². The molecule has 2 aliphatic rings. The lowest BCUT2D eigenvalue weighted by atomic mass is 9.66. The number of likely N-dealkylation sites (tertiary alicyclic amines) is 1. The Labute approximate surface area is 260 Å². The zero-order valence-electron chi connectivity index (χ0n) is 25.5. The molecular formula is C32H35ClN8O3. The molecule has 3 aromatic heterocycles. The number of nitrogens with one attached hydrogen (secondary N) is 1. The van der Waals surface area contributed by atoms with Crippen molar-refractivity contribution in [2.45, 2.75) is 65.2 Å². The molecule has 1 N–H and O–H groups in total. The maximum absolute atomic E-state index is 14.1. The summed E-state index contributed by atoms with van der Waals surface area (Å²) in [5.41, 5.74) is 3.28. The lowest BCUT2D eigenvalue weighted by molar-refractivity contribution is -0.141. The molecular weight excluding hydrogens is 580 g/mol. The van der Waals surface area contributed by atoms with Crippen LogP contribution in [0, 0.1) is 12.3 Å². The monoisotopic (exact) mass is 614 g/mol. The van der Waals surface area contributed by atoms with E-state index in [2.05, 4.69) is 32.3 Å². The van der Waals surface area contributed by atoms with Gasteiger partial charge in [-0.2, -0.15) is 5.10 Å². The Bertz CT molecular complexity index is 1790. The van der Waals surface area contributed by atoms with Gasteiger partial charge in [0.25, 0.3) is 0 Å². The van der Waals surface area contributed by atoms with Gasteiger partial charge in [0, 0.05) is 48.4 Å². The van der Waals surface area contributed by atoms with Crippen molar-refractivity contribution in [1.82, 2.24) is 34.5 Å². The lowest BCUT2D eigenvalue weighted by Crippen LogP contribution is -2.52. The first-order chi connectivity index (χ1) is 20.9. The van der Waals surface area contributed by atoms with Crippen molar-refractivity contribution >= 4 is 45.9 Å². The minimum absolute atomic E-state index is 0.0541. The summed E-state index contributed by atoms with van der Waals surface area (Å²) in [6.07, 6.45) is 5.80. The minimum Gasteiger partial charge on any atom is -0.325 e. The summed E-state index contributed by atoms with van der Waals surface area (Å²) in [6.45, 7) is 5.88. The molecule has 2 amide bonds. The van der Waals surface area contributed by atoms with Crippen molar-refractivity contribution in [2.24, 2.45) is 5.41 Å². The van der Waals surface area contributed by atoms with Gasteiger partial charge in [-0.3, -0.25) is 19.1 Å². The Kier molecular flexibility index (Phi) is 7.71. The van der Waals surface area contributed by atoms with Crippen LogP contribution in [0.1, 0.15) is 55.0 Å². The molecule has 6 rings (SSSR count). The molecule has 228 valence electrons. The number of Topliss-reactive ketones (excluding diaryl/α,β-unsaturated/α-hetero) is 1. The molecule has 2 fully saturated rings. The van der Waals surface area contributed by atoms with Crippen molar-refractivity contribution in [3.63, 3.8) is 0 Å². The maximum atomic E-state index is 14.1. The first-order valence-corrected chi connectivity index (χ1v) is 15.0. The van der Waals surface area contributed by atoms with E-state index >= 15 is 0 Å². The van der Waals surface area contributed by atoms with Crippen molar-refractivity contribution in [1.29, 1.82) is 0 Å². The third-order valence-electron chi connectivity index (χ3n) is 8.87. The van der Waals surface area contributed by atoms with Crippen LogP contribution in [-0.2, 0) is 22.7 Å². The maximum Gasteiger partial charge on any atom is 0.248 e. The fourth-order valence-electron chi connectivity index (χ4n) is 6.53. The van der Waals surface area contributed by atoms with Crippen molar-refractivity contribution < 1.29 is 14.4 Å². The first kappa shape index (κ1) is 29.8. The second-order valence-electron chi connectivity index (χ2n) is 12.4. The predicted molar refractivity (Wildman–Crippen MR) is 167 cm³/mol. The summed E-state index contributed by atoms with van der Waals surface area (Å²) in [5.74, 6) is 0.350. The van der Waals surface area contributed by atoms with Gasteiger partial charge < -0.3 is 15.1 Å². The zero-order valence-corrected chi connectivity index (χ0v) is 26.2. The number of fused-ring (bicyclic) bond motifs is 2. The number of halogens is 1. The van der Waals surface area contributed by atoms with Crippen molar-refractivity contribution in [2.75, 3.05) is 19.4 Å². The average Bonchev–Trinajstić information content (AvgIpc) is 3.42. The molecule has 44 heavy (non-hydrogen) atoms. The van der Waals surface area contributed by atoms with E-state index in [0.29, 0.717) is 35.5 Å². The number of nitrogens with zero attached hydrogens (tertiary/aromatic N) is 7. The van der Waals surface area contributed by atoms with E-state index in [4.69, 9.17) is 11.6 Å². The number of rotatable bonds is 8. The second-order valence-corrected chi connectivity index (χ2v) is 12.8. The van der Waals surface area contributed by atoms with Crippen LogP contribution < -0.4 is 5.32 Å². The Morgan fingerprint density at radius 3 is 2.52 bits per heavy atom. The third kappa shape index (κ3) is 5.46. The standard InChI is InChI=1S/C32H35ClN8O3/c1-18(42)29-23-12-20(22-14-34-19(2)35-15-22)6-8-24(23)40(38-29)17-28(43)41-25(13-32(3)11-10-26(32)41)31(44)37-30-21(16-39(4)5)7-9-27(33)36-30/h6-9,12,14-15,25-26H,10-11,13,16-17H2,1-5H3,(H,36,37,44)/t25-,26+,32+/m0/s1. The van der Waals surface area contributed by atoms with Gasteiger partial charge in [0.15, 0.2) is 5.78 Å². The molecule has 0 radical (unpaired) electrons. The number of ketones is 1. The Hall–Kier alpha value is -4.22. The van der Waals surface area contributed by atoms with Gasteiger partial charge in [-0.25, -0.2) is 15.0 Å². The van der Waals surface area contributed by atoms with E-state index in [-0.39, 0.29) is 46.4 Å². The van der Waals surface area contributed by atoms with Crippen LogP contribution in [0.15, 0.2) is 42.7 Å². The molecule has 0 spiro atoms. The summed E-state index contributed by atoms with van der Waals surface area (Å²) >= 11 is 6.19. The van der Waals surface area contributed by atoms with Gasteiger partial charge in [-0.05, 0) is 69.5 Å². The van der Waals surface area contributed by atoms with Crippen LogP contribution in [0.4, 0.5) is 5.82 Å². The summed E-state index contributed by atoms with van der Waals surface area (Å²) in [4.78, 5) is 57.2. The molecule has 3 atom stereocenters.